The molecule has 0 bridgehead atoms. The van der Waals surface area contributed by atoms with Crippen LogP contribution in [0.5, 0.6) is 0 Å². The third-order valence-electron chi connectivity index (χ3n) is 4.60. The fourth-order valence-electron chi connectivity index (χ4n) is 3.32. The van der Waals surface area contributed by atoms with Crippen molar-refractivity contribution in [2.45, 2.75) is 31.7 Å². The molecule has 3 heterocycles. The maximum absolute atomic E-state index is 14.2. The lowest BCUT2D eigenvalue weighted by Crippen LogP contribution is -2.17. The van der Waals surface area contributed by atoms with E-state index in [0.717, 1.165) is 22.3 Å². The van der Waals surface area contributed by atoms with Crippen molar-refractivity contribution in [3.63, 3.8) is 0 Å². The van der Waals surface area contributed by atoms with Crippen molar-refractivity contribution in [3.8, 4) is 11.1 Å². The highest BCUT2D eigenvalue weighted by atomic mass is 19.3. The summed E-state index contributed by atoms with van der Waals surface area (Å²) in [4.78, 5) is 4.19. The van der Waals surface area contributed by atoms with E-state index in [4.69, 9.17) is 9.47 Å². The molecule has 6 heteroatoms. The molecule has 0 saturated carbocycles. The first-order valence-corrected chi connectivity index (χ1v) is 7.88. The Hall–Kier alpha value is -1.89. The molecule has 1 aromatic carbocycles. The number of hydrogen-bond acceptors (Lipinski definition) is 4. The Morgan fingerprint density at radius 3 is 2.92 bits per heavy atom. The SMILES string of the molecule is OC1COCc2c(-c3ccc4c(c3)COCCC4(F)F)cncc21. The molecule has 0 fully saturated rings. The van der Waals surface area contributed by atoms with Gasteiger partial charge in [-0.25, -0.2) is 8.78 Å². The van der Waals surface area contributed by atoms with E-state index >= 15 is 0 Å². The fourth-order valence-corrected chi connectivity index (χ4v) is 3.32. The molecule has 2 aliphatic heterocycles. The van der Waals surface area contributed by atoms with Gasteiger partial charge in [-0.3, -0.25) is 4.98 Å². The molecule has 0 saturated heterocycles. The van der Waals surface area contributed by atoms with Crippen molar-refractivity contribution in [1.82, 2.24) is 4.98 Å². The molecule has 1 atom stereocenters. The van der Waals surface area contributed by atoms with Crippen LogP contribution in [0.2, 0.25) is 0 Å². The van der Waals surface area contributed by atoms with Gasteiger partial charge in [-0.1, -0.05) is 12.1 Å². The molecule has 0 radical (unpaired) electrons. The standard InChI is InChI=1S/C18H17F2NO3/c19-18(20)3-4-23-8-12-5-11(1-2-16(12)18)13-6-21-7-14-15(13)9-24-10-17(14)22/h1-2,5-7,17,22H,3-4,8-10H2. The van der Waals surface area contributed by atoms with Crippen LogP contribution in [0, 0.1) is 0 Å². The number of halogens is 2. The van der Waals surface area contributed by atoms with Crippen LogP contribution >= 0.6 is 0 Å². The lowest BCUT2D eigenvalue weighted by Gasteiger charge is -2.24. The van der Waals surface area contributed by atoms with Crippen molar-refractivity contribution < 1.29 is 23.4 Å². The average molecular weight is 333 g/mol. The van der Waals surface area contributed by atoms with Gasteiger partial charge in [-0.05, 0) is 22.8 Å². The molecule has 4 rings (SSSR count). The molecule has 0 aliphatic carbocycles. The number of benzene rings is 1. The fraction of sp³-hybridized carbons (Fsp3) is 0.389. The highest BCUT2D eigenvalue weighted by Crippen LogP contribution is 2.39. The summed E-state index contributed by atoms with van der Waals surface area (Å²) in [6.07, 6.45) is 2.29. The van der Waals surface area contributed by atoms with Gasteiger partial charge in [-0.15, -0.1) is 0 Å². The molecule has 1 aromatic heterocycles. The molecule has 4 nitrogen and oxygen atoms in total. The van der Waals surface area contributed by atoms with E-state index in [1.807, 2.05) is 0 Å². The number of hydrogen-bond donors (Lipinski definition) is 1. The van der Waals surface area contributed by atoms with Crippen LogP contribution in [0.1, 0.15) is 34.8 Å². The van der Waals surface area contributed by atoms with Crippen LogP contribution < -0.4 is 0 Å². The minimum atomic E-state index is -2.88. The number of aliphatic hydroxyl groups is 1. The number of pyridine rings is 1. The Kier molecular flexibility index (Phi) is 3.83. The van der Waals surface area contributed by atoms with E-state index < -0.39 is 12.0 Å². The number of rotatable bonds is 1. The van der Waals surface area contributed by atoms with Crippen molar-refractivity contribution in [2.24, 2.45) is 0 Å². The highest BCUT2D eigenvalue weighted by Gasteiger charge is 2.35. The normalized spacial score (nSPS) is 22.4. The van der Waals surface area contributed by atoms with E-state index in [-0.39, 0.29) is 31.8 Å². The maximum atomic E-state index is 14.2. The van der Waals surface area contributed by atoms with Crippen molar-refractivity contribution >= 4 is 0 Å². The van der Waals surface area contributed by atoms with Crippen LogP contribution in [-0.4, -0.2) is 23.3 Å². The van der Waals surface area contributed by atoms with Gasteiger partial charge in [0.2, 0.25) is 0 Å². The predicted molar refractivity (Wildman–Crippen MR) is 82.5 cm³/mol. The van der Waals surface area contributed by atoms with Gasteiger partial charge in [-0.2, -0.15) is 0 Å². The summed E-state index contributed by atoms with van der Waals surface area (Å²) in [5, 5.41) is 10.0. The van der Waals surface area contributed by atoms with E-state index in [0.29, 0.717) is 12.2 Å². The molecular formula is C18H17F2NO3. The third-order valence-corrected chi connectivity index (χ3v) is 4.60. The van der Waals surface area contributed by atoms with E-state index in [2.05, 4.69) is 4.98 Å². The number of aliphatic hydroxyl groups excluding tert-OH is 1. The van der Waals surface area contributed by atoms with Crippen LogP contribution in [0.25, 0.3) is 11.1 Å². The highest BCUT2D eigenvalue weighted by molar-refractivity contribution is 5.69. The number of ether oxygens (including phenoxy) is 2. The maximum Gasteiger partial charge on any atom is 0.275 e. The monoisotopic (exact) mass is 333 g/mol. The zero-order valence-corrected chi connectivity index (χ0v) is 13.0. The van der Waals surface area contributed by atoms with Gasteiger partial charge in [0.1, 0.15) is 6.10 Å². The van der Waals surface area contributed by atoms with E-state index in [1.165, 1.54) is 6.07 Å². The van der Waals surface area contributed by atoms with E-state index in [1.54, 1.807) is 24.5 Å². The summed E-state index contributed by atoms with van der Waals surface area (Å²) >= 11 is 0. The molecule has 1 N–H and O–H groups in total. The smallest absolute Gasteiger partial charge is 0.275 e. The van der Waals surface area contributed by atoms with Crippen molar-refractivity contribution in [3.05, 3.63) is 52.8 Å². The molecular weight excluding hydrogens is 316 g/mol. The summed E-state index contributed by atoms with van der Waals surface area (Å²) in [5.41, 5.74) is 3.67. The van der Waals surface area contributed by atoms with Gasteiger partial charge >= 0.3 is 0 Å². The minimum Gasteiger partial charge on any atom is -0.386 e. The predicted octanol–water partition coefficient (Wildman–Crippen LogP) is 3.32. The molecule has 126 valence electrons. The third kappa shape index (κ3) is 2.60. The Bertz CT molecular complexity index is 779. The Morgan fingerprint density at radius 2 is 2.04 bits per heavy atom. The minimum absolute atomic E-state index is 0.0257. The first kappa shape index (κ1) is 15.6. The Morgan fingerprint density at radius 1 is 1.17 bits per heavy atom. The lowest BCUT2D eigenvalue weighted by atomic mass is 9.91. The zero-order chi connectivity index (χ0) is 16.7. The van der Waals surface area contributed by atoms with Crippen molar-refractivity contribution in [1.29, 1.82) is 0 Å². The molecule has 2 aromatic rings. The van der Waals surface area contributed by atoms with Crippen molar-refractivity contribution in [2.75, 3.05) is 13.2 Å². The second-order valence-corrected chi connectivity index (χ2v) is 6.16. The Labute approximate surface area is 138 Å². The Balaban J connectivity index is 1.82. The summed E-state index contributed by atoms with van der Waals surface area (Å²) in [6.45, 7) is 0.816. The molecule has 0 spiro atoms. The molecule has 1 unspecified atom stereocenters. The van der Waals surface area contributed by atoms with Crippen LogP contribution in [0.4, 0.5) is 8.78 Å². The van der Waals surface area contributed by atoms with Gasteiger partial charge < -0.3 is 14.6 Å². The van der Waals surface area contributed by atoms with Gasteiger partial charge in [0.05, 0.1) is 26.4 Å². The topological polar surface area (TPSA) is 51.6 Å². The van der Waals surface area contributed by atoms with Crippen LogP contribution in [-0.2, 0) is 28.6 Å². The number of fused-ring (bicyclic) bond motifs is 2. The number of alkyl halides is 2. The first-order valence-electron chi connectivity index (χ1n) is 7.88. The van der Waals surface area contributed by atoms with Gasteiger partial charge in [0.15, 0.2) is 0 Å². The van der Waals surface area contributed by atoms with E-state index in [9.17, 15) is 13.9 Å². The van der Waals surface area contributed by atoms with Gasteiger partial charge in [0, 0.05) is 35.5 Å². The average Bonchev–Trinajstić information content (AvgIpc) is 2.73. The summed E-state index contributed by atoms with van der Waals surface area (Å²) in [5.74, 6) is -2.88. The van der Waals surface area contributed by atoms with Crippen LogP contribution in [0.15, 0.2) is 30.6 Å². The largest absolute Gasteiger partial charge is 0.386 e. The summed E-state index contributed by atoms with van der Waals surface area (Å²) in [6, 6.07) is 4.88. The quantitative estimate of drug-likeness (QED) is 0.870. The lowest BCUT2D eigenvalue weighted by molar-refractivity contribution is -0.0296. The van der Waals surface area contributed by atoms with Gasteiger partial charge in [0.25, 0.3) is 5.92 Å². The number of aromatic nitrogens is 1. The second-order valence-electron chi connectivity index (χ2n) is 6.16. The summed E-state index contributed by atoms with van der Waals surface area (Å²) < 4.78 is 39.1. The molecule has 0 amide bonds. The summed E-state index contributed by atoms with van der Waals surface area (Å²) in [7, 11) is 0. The van der Waals surface area contributed by atoms with Crippen LogP contribution in [0.3, 0.4) is 0 Å². The number of nitrogens with zero attached hydrogens (tertiary/aromatic N) is 1. The molecule has 2 aliphatic rings. The first-order chi connectivity index (χ1) is 11.6. The second kappa shape index (κ2) is 5.88. The zero-order valence-electron chi connectivity index (χ0n) is 13.0. The molecule has 24 heavy (non-hydrogen) atoms.